The van der Waals surface area contributed by atoms with Crippen LogP contribution in [0.2, 0.25) is 0 Å². The SMILES string of the molecule is CCc1ccc(C(=O)COC(=O)c2cc([N+](=O)[O-])ccc2N2CCCC2)cc1. The molecule has 1 aliphatic rings. The monoisotopic (exact) mass is 382 g/mol. The third-order valence-corrected chi connectivity index (χ3v) is 4.88. The molecule has 7 nitrogen and oxygen atoms in total. The molecule has 1 saturated heterocycles. The highest BCUT2D eigenvalue weighted by Gasteiger charge is 2.24. The Hall–Kier alpha value is -3.22. The van der Waals surface area contributed by atoms with Gasteiger partial charge in [0.1, 0.15) is 0 Å². The Morgan fingerprint density at radius 3 is 2.39 bits per heavy atom. The number of esters is 1. The number of benzene rings is 2. The Kier molecular flexibility index (Phi) is 6.03. The third kappa shape index (κ3) is 4.36. The van der Waals surface area contributed by atoms with Gasteiger partial charge in [-0.1, -0.05) is 31.2 Å². The van der Waals surface area contributed by atoms with Crippen LogP contribution in [-0.4, -0.2) is 36.4 Å². The van der Waals surface area contributed by atoms with E-state index in [1.807, 2.05) is 24.0 Å². The largest absolute Gasteiger partial charge is 0.454 e. The number of nitro groups is 1. The molecule has 0 aliphatic carbocycles. The molecule has 0 unspecified atom stereocenters. The molecule has 0 amide bonds. The van der Waals surface area contributed by atoms with Crippen LogP contribution in [0, 0.1) is 10.1 Å². The molecule has 3 rings (SSSR count). The highest BCUT2D eigenvalue weighted by atomic mass is 16.6. The molecule has 0 spiro atoms. The lowest BCUT2D eigenvalue weighted by Gasteiger charge is -2.20. The summed E-state index contributed by atoms with van der Waals surface area (Å²) in [6.45, 7) is 3.17. The molecular formula is C21H22N2O5. The Bertz CT molecular complexity index is 886. The van der Waals surface area contributed by atoms with Crippen molar-refractivity contribution in [3.05, 3.63) is 69.3 Å². The number of Topliss-reactive ketones (excluding diaryl/α,β-unsaturated/α-hetero) is 1. The predicted molar refractivity (Wildman–Crippen MR) is 105 cm³/mol. The minimum atomic E-state index is -0.732. The van der Waals surface area contributed by atoms with E-state index >= 15 is 0 Å². The molecule has 0 saturated carbocycles. The number of hydrogen-bond donors (Lipinski definition) is 0. The Morgan fingerprint density at radius 2 is 1.79 bits per heavy atom. The fraction of sp³-hybridized carbons (Fsp3) is 0.333. The maximum atomic E-state index is 12.6. The van der Waals surface area contributed by atoms with Crippen molar-refractivity contribution in [3.63, 3.8) is 0 Å². The van der Waals surface area contributed by atoms with Crippen molar-refractivity contribution in [1.29, 1.82) is 0 Å². The molecule has 1 heterocycles. The number of nitrogens with zero attached hydrogens (tertiary/aromatic N) is 2. The van der Waals surface area contributed by atoms with E-state index < -0.39 is 17.5 Å². The summed E-state index contributed by atoms with van der Waals surface area (Å²) in [6.07, 6.45) is 2.87. The van der Waals surface area contributed by atoms with Gasteiger partial charge in [0.25, 0.3) is 5.69 Å². The normalized spacial score (nSPS) is 13.4. The number of anilines is 1. The zero-order chi connectivity index (χ0) is 20.1. The number of nitro benzene ring substituents is 1. The zero-order valence-corrected chi connectivity index (χ0v) is 15.7. The van der Waals surface area contributed by atoms with Gasteiger partial charge in [-0.25, -0.2) is 4.79 Å². The molecule has 0 atom stereocenters. The van der Waals surface area contributed by atoms with Crippen molar-refractivity contribution in [2.45, 2.75) is 26.2 Å². The molecule has 2 aromatic rings. The first-order valence-electron chi connectivity index (χ1n) is 9.32. The lowest BCUT2D eigenvalue weighted by Crippen LogP contribution is -2.22. The van der Waals surface area contributed by atoms with Crippen molar-refractivity contribution in [1.82, 2.24) is 0 Å². The van der Waals surface area contributed by atoms with E-state index in [2.05, 4.69) is 0 Å². The Labute approximate surface area is 163 Å². The molecule has 0 radical (unpaired) electrons. The number of ether oxygens (including phenoxy) is 1. The van der Waals surface area contributed by atoms with Crippen molar-refractivity contribution < 1.29 is 19.2 Å². The van der Waals surface area contributed by atoms with Crippen molar-refractivity contribution >= 4 is 23.1 Å². The molecular weight excluding hydrogens is 360 g/mol. The summed E-state index contributed by atoms with van der Waals surface area (Å²) in [6, 6.07) is 11.3. The number of ketones is 1. The van der Waals surface area contributed by atoms with Gasteiger partial charge in [0.2, 0.25) is 0 Å². The van der Waals surface area contributed by atoms with Crippen LogP contribution in [0.15, 0.2) is 42.5 Å². The van der Waals surface area contributed by atoms with Crippen molar-refractivity contribution in [3.8, 4) is 0 Å². The van der Waals surface area contributed by atoms with E-state index in [0.717, 1.165) is 37.9 Å². The molecule has 2 aromatic carbocycles. The van der Waals surface area contributed by atoms with Gasteiger partial charge < -0.3 is 9.64 Å². The third-order valence-electron chi connectivity index (χ3n) is 4.88. The van der Waals surface area contributed by atoms with Crippen LogP contribution in [0.4, 0.5) is 11.4 Å². The second-order valence-electron chi connectivity index (χ2n) is 6.70. The van der Waals surface area contributed by atoms with Crippen LogP contribution in [0.1, 0.15) is 46.0 Å². The topological polar surface area (TPSA) is 89.8 Å². The lowest BCUT2D eigenvalue weighted by molar-refractivity contribution is -0.384. The van der Waals surface area contributed by atoms with E-state index in [4.69, 9.17) is 4.74 Å². The average molecular weight is 382 g/mol. The number of carbonyl (C=O) groups is 2. The Morgan fingerprint density at radius 1 is 1.11 bits per heavy atom. The number of aryl methyl sites for hydroxylation is 1. The van der Waals surface area contributed by atoms with Gasteiger partial charge in [-0.2, -0.15) is 0 Å². The van der Waals surface area contributed by atoms with Gasteiger partial charge >= 0.3 is 5.97 Å². The summed E-state index contributed by atoms with van der Waals surface area (Å²) < 4.78 is 5.20. The summed E-state index contributed by atoms with van der Waals surface area (Å²) in [5, 5.41) is 11.1. The fourth-order valence-electron chi connectivity index (χ4n) is 3.25. The summed E-state index contributed by atoms with van der Waals surface area (Å²) in [7, 11) is 0. The van der Waals surface area contributed by atoms with Crippen LogP contribution in [-0.2, 0) is 11.2 Å². The first kappa shape index (κ1) is 19.5. The standard InChI is InChI=1S/C21H22N2O5/c1-2-15-5-7-16(8-6-15)20(24)14-28-21(25)18-13-17(23(26)27)9-10-19(18)22-11-3-4-12-22/h5-10,13H,2-4,11-12,14H2,1H3. The second kappa shape index (κ2) is 8.65. The fourth-order valence-corrected chi connectivity index (χ4v) is 3.25. The molecule has 28 heavy (non-hydrogen) atoms. The smallest absolute Gasteiger partial charge is 0.340 e. The van der Waals surface area contributed by atoms with Crippen LogP contribution < -0.4 is 4.90 Å². The second-order valence-corrected chi connectivity index (χ2v) is 6.70. The summed E-state index contributed by atoms with van der Waals surface area (Å²) in [4.78, 5) is 37.5. The van der Waals surface area contributed by atoms with E-state index in [1.165, 1.54) is 12.1 Å². The van der Waals surface area contributed by atoms with Gasteiger partial charge in [0.15, 0.2) is 12.4 Å². The average Bonchev–Trinajstić information content (AvgIpc) is 3.26. The molecule has 0 bridgehead atoms. The van der Waals surface area contributed by atoms with E-state index in [9.17, 15) is 19.7 Å². The first-order valence-corrected chi connectivity index (χ1v) is 9.32. The maximum Gasteiger partial charge on any atom is 0.340 e. The van der Waals surface area contributed by atoms with E-state index in [0.29, 0.717) is 11.3 Å². The van der Waals surface area contributed by atoms with Crippen LogP contribution >= 0.6 is 0 Å². The van der Waals surface area contributed by atoms with E-state index in [1.54, 1.807) is 18.2 Å². The summed E-state index contributed by atoms with van der Waals surface area (Å²) >= 11 is 0. The minimum Gasteiger partial charge on any atom is -0.454 e. The van der Waals surface area contributed by atoms with E-state index in [-0.39, 0.29) is 17.0 Å². The highest BCUT2D eigenvalue weighted by Crippen LogP contribution is 2.29. The van der Waals surface area contributed by atoms with Crippen molar-refractivity contribution in [2.75, 3.05) is 24.6 Å². The molecule has 146 valence electrons. The molecule has 7 heteroatoms. The predicted octanol–water partition coefficient (Wildman–Crippen LogP) is 3.80. The number of hydrogen-bond acceptors (Lipinski definition) is 6. The minimum absolute atomic E-state index is 0.116. The Balaban J connectivity index is 1.75. The summed E-state index contributed by atoms with van der Waals surface area (Å²) in [5.74, 6) is -1.05. The van der Waals surface area contributed by atoms with Crippen LogP contribution in [0.3, 0.4) is 0 Å². The first-order chi connectivity index (χ1) is 13.5. The zero-order valence-electron chi connectivity index (χ0n) is 15.7. The molecule has 1 fully saturated rings. The lowest BCUT2D eigenvalue weighted by atomic mass is 10.1. The van der Waals surface area contributed by atoms with Gasteiger partial charge in [-0.05, 0) is 30.9 Å². The van der Waals surface area contributed by atoms with Crippen LogP contribution in [0.5, 0.6) is 0 Å². The quantitative estimate of drug-likeness (QED) is 0.313. The van der Waals surface area contributed by atoms with Crippen molar-refractivity contribution in [2.24, 2.45) is 0 Å². The molecule has 1 aliphatic heterocycles. The van der Waals surface area contributed by atoms with Gasteiger partial charge in [-0.15, -0.1) is 0 Å². The number of non-ortho nitro benzene ring substituents is 1. The van der Waals surface area contributed by atoms with Crippen LogP contribution in [0.25, 0.3) is 0 Å². The highest BCUT2D eigenvalue weighted by molar-refractivity contribution is 6.01. The van der Waals surface area contributed by atoms with Gasteiger partial charge in [-0.3, -0.25) is 14.9 Å². The molecule has 0 aromatic heterocycles. The number of rotatable bonds is 7. The molecule has 0 N–H and O–H groups in total. The van der Waals surface area contributed by atoms with Gasteiger partial charge in [0.05, 0.1) is 16.2 Å². The number of carbonyl (C=O) groups excluding carboxylic acids is 2. The summed E-state index contributed by atoms with van der Waals surface area (Å²) in [5.41, 5.74) is 2.11. The maximum absolute atomic E-state index is 12.6. The van der Waals surface area contributed by atoms with Gasteiger partial charge in [0, 0.05) is 30.8 Å².